The van der Waals surface area contributed by atoms with Crippen molar-refractivity contribution in [2.75, 3.05) is 6.54 Å². The largest absolute Gasteiger partial charge is 0.387 e. The number of aliphatic hydroxyl groups is 1. The molecule has 1 aliphatic carbocycles. The average Bonchev–Trinajstić information content (AvgIpc) is 2.53. The maximum atomic E-state index is 13.5. The summed E-state index contributed by atoms with van der Waals surface area (Å²) in [6.45, 7) is 0.349. The summed E-state index contributed by atoms with van der Waals surface area (Å²) >= 11 is 0. The van der Waals surface area contributed by atoms with Crippen molar-refractivity contribution in [2.45, 2.75) is 30.8 Å². The number of aliphatic hydroxyl groups excluding tert-OH is 1. The van der Waals surface area contributed by atoms with Crippen molar-refractivity contribution >= 4 is 0 Å². The van der Waals surface area contributed by atoms with Gasteiger partial charge < -0.3 is 10.8 Å². The first kappa shape index (κ1) is 14.2. The Hall–Kier alpha value is -1.71. The van der Waals surface area contributed by atoms with Crippen molar-refractivity contribution < 1.29 is 9.50 Å². The normalized spacial score (nSPS) is 22.6. The van der Waals surface area contributed by atoms with Crippen molar-refractivity contribution in [2.24, 2.45) is 5.73 Å². The summed E-state index contributed by atoms with van der Waals surface area (Å²) < 4.78 is 13.5. The summed E-state index contributed by atoms with van der Waals surface area (Å²) in [6, 6.07) is 14.3. The molecule has 2 unspecified atom stereocenters. The van der Waals surface area contributed by atoms with Gasteiger partial charge in [-0.05, 0) is 48.1 Å². The van der Waals surface area contributed by atoms with E-state index in [0.29, 0.717) is 12.1 Å². The first-order chi connectivity index (χ1) is 10.2. The highest BCUT2D eigenvalue weighted by Crippen LogP contribution is 2.45. The summed E-state index contributed by atoms with van der Waals surface area (Å²) in [7, 11) is 0. The van der Waals surface area contributed by atoms with Crippen LogP contribution in [0, 0.1) is 5.82 Å². The number of benzene rings is 2. The van der Waals surface area contributed by atoms with Crippen LogP contribution < -0.4 is 5.73 Å². The number of rotatable bonds is 3. The van der Waals surface area contributed by atoms with Crippen LogP contribution in [0.1, 0.15) is 35.6 Å². The van der Waals surface area contributed by atoms with Crippen LogP contribution in [0.25, 0.3) is 0 Å². The maximum absolute atomic E-state index is 13.5. The zero-order valence-electron chi connectivity index (χ0n) is 11.9. The van der Waals surface area contributed by atoms with Gasteiger partial charge in [0.25, 0.3) is 0 Å². The first-order valence-corrected chi connectivity index (χ1v) is 7.39. The third kappa shape index (κ3) is 2.37. The fourth-order valence-corrected chi connectivity index (χ4v) is 3.56. The van der Waals surface area contributed by atoms with Crippen LogP contribution in [0.2, 0.25) is 0 Å². The van der Waals surface area contributed by atoms with Gasteiger partial charge in [-0.2, -0.15) is 0 Å². The molecule has 2 nitrogen and oxygen atoms in total. The summed E-state index contributed by atoms with van der Waals surface area (Å²) in [4.78, 5) is 0. The Labute approximate surface area is 124 Å². The topological polar surface area (TPSA) is 46.2 Å². The van der Waals surface area contributed by atoms with E-state index in [1.165, 1.54) is 17.7 Å². The lowest BCUT2D eigenvalue weighted by molar-refractivity contribution is 0.0715. The van der Waals surface area contributed by atoms with Gasteiger partial charge >= 0.3 is 0 Å². The second-order valence-electron chi connectivity index (χ2n) is 5.83. The molecule has 0 spiro atoms. The molecule has 3 rings (SSSR count). The Balaban J connectivity index is 2.09. The van der Waals surface area contributed by atoms with E-state index in [-0.39, 0.29) is 5.82 Å². The van der Waals surface area contributed by atoms with Crippen LogP contribution in [-0.2, 0) is 11.8 Å². The van der Waals surface area contributed by atoms with Gasteiger partial charge in [-0.1, -0.05) is 36.4 Å². The number of aryl methyl sites for hydroxylation is 1. The van der Waals surface area contributed by atoms with E-state index in [1.807, 2.05) is 18.2 Å². The van der Waals surface area contributed by atoms with Gasteiger partial charge in [0.05, 0.1) is 6.10 Å². The molecule has 0 amide bonds. The first-order valence-electron chi connectivity index (χ1n) is 7.39. The number of hydrogen-bond donors (Lipinski definition) is 2. The van der Waals surface area contributed by atoms with Gasteiger partial charge in [0.1, 0.15) is 5.82 Å². The SMILES string of the molecule is NCC1(C(O)c2cccc(F)c2)CCCc2ccccc21. The smallest absolute Gasteiger partial charge is 0.123 e. The molecule has 0 bridgehead atoms. The van der Waals surface area contributed by atoms with Gasteiger partial charge in [-0.3, -0.25) is 0 Å². The molecule has 1 aliphatic rings. The van der Waals surface area contributed by atoms with Crippen LogP contribution in [0.4, 0.5) is 4.39 Å². The monoisotopic (exact) mass is 285 g/mol. The third-order valence-electron chi connectivity index (χ3n) is 4.67. The molecule has 110 valence electrons. The molecule has 0 saturated heterocycles. The number of fused-ring (bicyclic) bond motifs is 1. The van der Waals surface area contributed by atoms with E-state index in [1.54, 1.807) is 12.1 Å². The van der Waals surface area contributed by atoms with Crippen molar-refractivity contribution in [3.05, 3.63) is 71.0 Å². The van der Waals surface area contributed by atoms with E-state index in [4.69, 9.17) is 5.73 Å². The van der Waals surface area contributed by atoms with Crippen molar-refractivity contribution in [3.63, 3.8) is 0 Å². The van der Waals surface area contributed by atoms with E-state index < -0.39 is 11.5 Å². The zero-order valence-corrected chi connectivity index (χ0v) is 11.9. The van der Waals surface area contributed by atoms with Gasteiger partial charge in [-0.25, -0.2) is 4.39 Å². The fraction of sp³-hybridized carbons (Fsp3) is 0.333. The molecule has 0 heterocycles. The highest BCUT2D eigenvalue weighted by atomic mass is 19.1. The summed E-state index contributed by atoms with van der Waals surface area (Å²) in [5.74, 6) is -0.331. The third-order valence-corrected chi connectivity index (χ3v) is 4.67. The summed E-state index contributed by atoms with van der Waals surface area (Å²) in [5, 5.41) is 10.9. The van der Waals surface area contributed by atoms with Gasteiger partial charge in [0.15, 0.2) is 0 Å². The molecule has 3 N–H and O–H groups in total. The second-order valence-corrected chi connectivity index (χ2v) is 5.83. The van der Waals surface area contributed by atoms with E-state index >= 15 is 0 Å². The maximum Gasteiger partial charge on any atom is 0.123 e. The molecule has 3 heteroatoms. The standard InChI is InChI=1S/C18H20FNO/c19-15-8-3-6-14(11-15)17(21)18(12-20)10-4-7-13-5-1-2-9-16(13)18/h1-3,5-6,8-9,11,17,21H,4,7,10,12,20H2. The molecule has 0 aliphatic heterocycles. The zero-order chi connectivity index (χ0) is 14.9. The number of nitrogens with two attached hydrogens (primary N) is 1. The van der Waals surface area contributed by atoms with Crippen molar-refractivity contribution in [1.82, 2.24) is 0 Å². The van der Waals surface area contributed by atoms with E-state index in [9.17, 15) is 9.50 Å². The minimum atomic E-state index is -0.792. The fourth-order valence-electron chi connectivity index (χ4n) is 3.56. The van der Waals surface area contributed by atoms with Crippen molar-refractivity contribution in [3.8, 4) is 0 Å². The minimum Gasteiger partial charge on any atom is -0.387 e. The van der Waals surface area contributed by atoms with Gasteiger partial charge in [0, 0.05) is 12.0 Å². The average molecular weight is 285 g/mol. The van der Waals surface area contributed by atoms with E-state index in [0.717, 1.165) is 24.8 Å². The number of hydrogen-bond acceptors (Lipinski definition) is 2. The predicted octanol–water partition coefficient (Wildman–Crippen LogP) is 3.09. The van der Waals surface area contributed by atoms with Crippen LogP contribution >= 0.6 is 0 Å². The lowest BCUT2D eigenvalue weighted by atomic mass is 9.65. The number of halogens is 1. The van der Waals surface area contributed by atoms with Gasteiger partial charge in [0.2, 0.25) is 0 Å². The summed E-state index contributed by atoms with van der Waals surface area (Å²) in [6.07, 6.45) is 2.02. The molecular formula is C18H20FNO. The lowest BCUT2D eigenvalue weighted by Crippen LogP contribution is -2.43. The van der Waals surface area contributed by atoms with Crippen LogP contribution in [0.15, 0.2) is 48.5 Å². The molecule has 2 atom stereocenters. The Morgan fingerprint density at radius 1 is 1.19 bits per heavy atom. The molecule has 0 radical (unpaired) electrons. The Bertz CT molecular complexity index is 643. The van der Waals surface area contributed by atoms with Crippen LogP contribution in [-0.4, -0.2) is 11.7 Å². The predicted molar refractivity (Wildman–Crippen MR) is 81.5 cm³/mol. The molecule has 0 aromatic heterocycles. The quantitative estimate of drug-likeness (QED) is 0.910. The molecular weight excluding hydrogens is 265 g/mol. The molecule has 21 heavy (non-hydrogen) atoms. The Morgan fingerprint density at radius 3 is 2.76 bits per heavy atom. The van der Waals surface area contributed by atoms with E-state index in [2.05, 4.69) is 6.07 Å². The van der Waals surface area contributed by atoms with Crippen LogP contribution in [0.5, 0.6) is 0 Å². The second kappa shape index (κ2) is 5.58. The Morgan fingerprint density at radius 2 is 2.00 bits per heavy atom. The van der Waals surface area contributed by atoms with Crippen molar-refractivity contribution in [1.29, 1.82) is 0 Å². The highest BCUT2D eigenvalue weighted by molar-refractivity contribution is 5.40. The summed E-state index contributed by atoms with van der Waals surface area (Å²) in [5.41, 5.74) is 8.49. The molecule has 0 saturated carbocycles. The molecule has 2 aromatic rings. The highest BCUT2D eigenvalue weighted by Gasteiger charge is 2.42. The lowest BCUT2D eigenvalue weighted by Gasteiger charge is -2.42. The minimum absolute atomic E-state index is 0.331. The molecule has 2 aromatic carbocycles. The Kier molecular flexibility index (Phi) is 3.79. The molecule has 0 fully saturated rings. The van der Waals surface area contributed by atoms with Gasteiger partial charge in [-0.15, -0.1) is 0 Å². The van der Waals surface area contributed by atoms with Crippen LogP contribution in [0.3, 0.4) is 0 Å².